The monoisotopic (exact) mass is 396 g/mol. The Kier molecular flexibility index (Phi) is 7.19. The fourth-order valence-corrected chi connectivity index (χ4v) is 4.44. The number of halogens is 1. The van der Waals surface area contributed by atoms with Crippen LogP contribution in [-0.4, -0.2) is 26.6 Å². The molecule has 0 aliphatic heterocycles. The standard InChI is InChI=1S/C18H21FN2O3S2/c1-13-4-7-16(21-14(2)22)12-18(13)26(23,24)20-10-3-11-25-17-8-5-15(19)6-9-17/h4-9,12,20H,3,10-11H2,1-2H3,(H,21,22). The average Bonchev–Trinajstić information content (AvgIpc) is 2.57. The van der Waals surface area contributed by atoms with Crippen LogP contribution in [-0.2, 0) is 14.8 Å². The van der Waals surface area contributed by atoms with Crippen molar-refractivity contribution in [2.75, 3.05) is 17.6 Å². The molecule has 8 heteroatoms. The molecule has 0 atom stereocenters. The molecular weight excluding hydrogens is 375 g/mol. The van der Waals surface area contributed by atoms with Gasteiger partial charge in [0, 0.05) is 24.1 Å². The maximum atomic E-state index is 12.8. The summed E-state index contributed by atoms with van der Waals surface area (Å²) in [5.41, 5.74) is 1.04. The molecule has 26 heavy (non-hydrogen) atoms. The number of nitrogens with one attached hydrogen (secondary N) is 2. The van der Waals surface area contributed by atoms with Gasteiger partial charge in [-0.15, -0.1) is 11.8 Å². The fourth-order valence-electron chi connectivity index (χ4n) is 2.25. The van der Waals surface area contributed by atoms with Crippen LogP contribution >= 0.6 is 11.8 Å². The van der Waals surface area contributed by atoms with Crippen molar-refractivity contribution in [2.24, 2.45) is 0 Å². The summed E-state index contributed by atoms with van der Waals surface area (Å²) >= 11 is 1.54. The normalized spacial score (nSPS) is 11.3. The number of amides is 1. The number of hydrogen-bond acceptors (Lipinski definition) is 4. The van der Waals surface area contributed by atoms with Crippen molar-refractivity contribution in [3.63, 3.8) is 0 Å². The number of rotatable bonds is 8. The highest BCUT2D eigenvalue weighted by atomic mass is 32.2. The predicted molar refractivity (Wildman–Crippen MR) is 102 cm³/mol. The van der Waals surface area contributed by atoms with E-state index in [1.807, 2.05) is 0 Å². The van der Waals surface area contributed by atoms with Gasteiger partial charge in [-0.1, -0.05) is 6.07 Å². The predicted octanol–water partition coefficient (Wildman–Crippen LogP) is 3.55. The largest absolute Gasteiger partial charge is 0.326 e. The van der Waals surface area contributed by atoms with Crippen LogP contribution in [0.2, 0.25) is 0 Å². The van der Waals surface area contributed by atoms with Crippen molar-refractivity contribution in [1.82, 2.24) is 4.72 Å². The Balaban J connectivity index is 1.90. The van der Waals surface area contributed by atoms with Gasteiger partial charge in [0.05, 0.1) is 4.90 Å². The molecule has 2 rings (SSSR count). The summed E-state index contributed by atoms with van der Waals surface area (Å²) in [6, 6.07) is 11.0. The zero-order valence-electron chi connectivity index (χ0n) is 14.6. The Morgan fingerprint density at radius 3 is 2.50 bits per heavy atom. The minimum atomic E-state index is -3.66. The van der Waals surface area contributed by atoms with Crippen LogP contribution < -0.4 is 10.0 Å². The third-order valence-corrected chi connectivity index (χ3v) is 6.19. The van der Waals surface area contributed by atoms with E-state index < -0.39 is 10.0 Å². The zero-order chi connectivity index (χ0) is 19.2. The molecule has 0 spiro atoms. The van der Waals surface area contributed by atoms with Crippen LogP contribution in [0.5, 0.6) is 0 Å². The number of anilines is 1. The van der Waals surface area contributed by atoms with Crippen LogP contribution in [0.25, 0.3) is 0 Å². The lowest BCUT2D eigenvalue weighted by Crippen LogP contribution is -2.26. The molecule has 0 aromatic heterocycles. The van der Waals surface area contributed by atoms with Gasteiger partial charge in [0.15, 0.2) is 0 Å². The second-order valence-electron chi connectivity index (χ2n) is 5.72. The maximum Gasteiger partial charge on any atom is 0.240 e. The van der Waals surface area contributed by atoms with Gasteiger partial charge in [0.1, 0.15) is 5.82 Å². The van der Waals surface area contributed by atoms with Gasteiger partial charge in [-0.05, 0) is 61.1 Å². The van der Waals surface area contributed by atoms with E-state index >= 15 is 0 Å². The van der Waals surface area contributed by atoms with Gasteiger partial charge < -0.3 is 5.32 Å². The third-order valence-electron chi connectivity index (χ3n) is 3.49. The van der Waals surface area contributed by atoms with E-state index in [0.717, 1.165) is 4.90 Å². The first-order chi connectivity index (χ1) is 12.3. The number of benzene rings is 2. The van der Waals surface area contributed by atoms with E-state index in [9.17, 15) is 17.6 Å². The summed E-state index contributed by atoms with van der Waals surface area (Å²) in [6.45, 7) is 3.36. The van der Waals surface area contributed by atoms with Crippen molar-refractivity contribution < 1.29 is 17.6 Å². The number of carbonyl (C=O) groups excluding carboxylic acids is 1. The molecule has 0 bridgehead atoms. The average molecular weight is 397 g/mol. The minimum Gasteiger partial charge on any atom is -0.326 e. The summed E-state index contributed by atoms with van der Waals surface area (Å²) in [5, 5.41) is 2.58. The molecule has 140 valence electrons. The van der Waals surface area contributed by atoms with Gasteiger partial charge in [-0.2, -0.15) is 0 Å². The van der Waals surface area contributed by atoms with Crippen molar-refractivity contribution in [2.45, 2.75) is 30.1 Å². The zero-order valence-corrected chi connectivity index (χ0v) is 16.2. The molecule has 0 heterocycles. The second-order valence-corrected chi connectivity index (χ2v) is 8.62. The van der Waals surface area contributed by atoms with Gasteiger partial charge in [-0.3, -0.25) is 4.79 Å². The molecule has 0 saturated heterocycles. The molecule has 0 unspecified atom stereocenters. The molecule has 0 radical (unpaired) electrons. The third kappa shape index (κ3) is 6.12. The van der Waals surface area contributed by atoms with E-state index in [4.69, 9.17) is 0 Å². The highest BCUT2D eigenvalue weighted by Gasteiger charge is 2.17. The molecule has 2 aromatic carbocycles. The van der Waals surface area contributed by atoms with E-state index in [0.29, 0.717) is 30.0 Å². The Morgan fingerprint density at radius 1 is 1.15 bits per heavy atom. The smallest absolute Gasteiger partial charge is 0.240 e. The maximum absolute atomic E-state index is 12.8. The Hall–Kier alpha value is -1.90. The number of carbonyl (C=O) groups is 1. The summed E-state index contributed by atoms with van der Waals surface area (Å²) in [7, 11) is -3.66. The molecule has 0 aliphatic rings. The van der Waals surface area contributed by atoms with E-state index in [1.165, 1.54) is 36.9 Å². The lowest BCUT2D eigenvalue weighted by atomic mass is 10.2. The fraction of sp³-hybridized carbons (Fsp3) is 0.278. The van der Waals surface area contributed by atoms with Crippen molar-refractivity contribution >= 4 is 33.4 Å². The van der Waals surface area contributed by atoms with E-state index in [1.54, 1.807) is 31.2 Å². The van der Waals surface area contributed by atoms with Gasteiger partial charge in [0.2, 0.25) is 15.9 Å². The molecule has 0 saturated carbocycles. The summed E-state index contributed by atoms with van der Waals surface area (Å²) in [6.07, 6.45) is 0.631. The summed E-state index contributed by atoms with van der Waals surface area (Å²) < 4.78 is 40.4. The number of aryl methyl sites for hydroxylation is 1. The first-order valence-corrected chi connectivity index (χ1v) is 10.5. The van der Waals surface area contributed by atoms with E-state index in [-0.39, 0.29) is 16.6 Å². The summed E-state index contributed by atoms with van der Waals surface area (Å²) in [4.78, 5) is 12.2. The SMILES string of the molecule is CC(=O)Nc1ccc(C)c(S(=O)(=O)NCCCSc2ccc(F)cc2)c1. The molecule has 2 N–H and O–H groups in total. The van der Waals surface area contributed by atoms with Gasteiger partial charge in [0.25, 0.3) is 0 Å². The minimum absolute atomic E-state index is 0.148. The number of sulfonamides is 1. The van der Waals surface area contributed by atoms with Crippen molar-refractivity contribution in [3.8, 4) is 0 Å². The van der Waals surface area contributed by atoms with Crippen LogP contribution in [0.15, 0.2) is 52.3 Å². The van der Waals surface area contributed by atoms with Gasteiger partial charge >= 0.3 is 0 Å². The molecule has 5 nitrogen and oxygen atoms in total. The summed E-state index contributed by atoms with van der Waals surface area (Å²) in [5.74, 6) is 0.168. The highest BCUT2D eigenvalue weighted by molar-refractivity contribution is 7.99. The molecule has 1 amide bonds. The first-order valence-electron chi connectivity index (χ1n) is 8.04. The first kappa shape index (κ1) is 20.4. The lowest BCUT2D eigenvalue weighted by molar-refractivity contribution is -0.114. The van der Waals surface area contributed by atoms with Crippen molar-refractivity contribution in [1.29, 1.82) is 0 Å². The van der Waals surface area contributed by atoms with Crippen LogP contribution in [0.1, 0.15) is 18.9 Å². The van der Waals surface area contributed by atoms with Crippen LogP contribution in [0, 0.1) is 12.7 Å². The Labute approximate surface area is 157 Å². The highest BCUT2D eigenvalue weighted by Crippen LogP contribution is 2.21. The Morgan fingerprint density at radius 2 is 1.85 bits per heavy atom. The van der Waals surface area contributed by atoms with E-state index in [2.05, 4.69) is 10.0 Å². The molecule has 0 aliphatic carbocycles. The quantitative estimate of drug-likeness (QED) is 0.529. The van der Waals surface area contributed by atoms with Crippen LogP contribution in [0.3, 0.4) is 0 Å². The number of thioether (sulfide) groups is 1. The Bertz CT molecular complexity index is 869. The number of hydrogen-bond donors (Lipinski definition) is 2. The molecular formula is C18H21FN2O3S2. The van der Waals surface area contributed by atoms with Crippen molar-refractivity contribution in [3.05, 3.63) is 53.8 Å². The lowest BCUT2D eigenvalue weighted by Gasteiger charge is -2.11. The molecule has 2 aromatic rings. The molecule has 0 fully saturated rings. The second kappa shape index (κ2) is 9.16. The van der Waals surface area contributed by atoms with Crippen LogP contribution in [0.4, 0.5) is 10.1 Å². The topological polar surface area (TPSA) is 75.3 Å². The van der Waals surface area contributed by atoms with Gasteiger partial charge in [-0.25, -0.2) is 17.5 Å².